The van der Waals surface area contributed by atoms with E-state index >= 15 is 0 Å². The van der Waals surface area contributed by atoms with E-state index in [0.717, 1.165) is 10.2 Å². The van der Waals surface area contributed by atoms with Gasteiger partial charge in [0.05, 0.1) is 16.8 Å². The third-order valence-electron chi connectivity index (χ3n) is 4.55. The first-order valence-corrected chi connectivity index (χ1v) is 9.18. The summed E-state index contributed by atoms with van der Waals surface area (Å²) >= 11 is 5.71. The fourth-order valence-electron chi connectivity index (χ4n) is 2.73. The normalized spacial score (nSPS) is 14.2. The second kappa shape index (κ2) is 8.53. The Hall–Kier alpha value is -2.06. The quantitative estimate of drug-likeness (QED) is 0.732. The van der Waals surface area contributed by atoms with Crippen LogP contribution < -0.4 is 5.32 Å². The highest BCUT2D eigenvalue weighted by Crippen LogP contribution is 2.36. The molecule has 9 heteroatoms. The Balaban J connectivity index is 2.05. The lowest BCUT2D eigenvalue weighted by Crippen LogP contribution is -2.34. The Kier molecular flexibility index (Phi) is 6.77. The molecule has 2 unspecified atom stereocenters. The monoisotopic (exact) mass is 417 g/mol. The van der Waals surface area contributed by atoms with Crippen LogP contribution in [0.25, 0.3) is 0 Å². The first-order valence-electron chi connectivity index (χ1n) is 8.80. The van der Waals surface area contributed by atoms with Crippen molar-refractivity contribution in [1.82, 2.24) is 15.1 Å². The molecule has 1 aromatic heterocycles. The largest absolute Gasteiger partial charge is 0.436 e. The van der Waals surface area contributed by atoms with E-state index < -0.39 is 34.9 Å². The highest BCUT2D eigenvalue weighted by atomic mass is 35.5. The summed E-state index contributed by atoms with van der Waals surface area (Å²) in [5, 5.41) is 15.7. The molecule has 0 bridgehead atoms. The zero-order valence-corrected chi connectivity index (χ0v) is 16.8. The van der Waals surface area contributed by atoms with Gasteiger partial charge in [0.1, 0.15) is 6.04 Å². The maximum Gasteiger partial charge on any atom is 0.436 e. The smallest absolute Gasteiger partial charge is 0.387 e. The van der Waals surface area contributed by atoms with Gasteiger partial charge in [0, 0.05) is 6.54 Å². The third kappa shape index (κ3) is 4.86. The van der Waals surface area contributed by atoms with E-state index in [9.17, 15) is 23.1 Å². The van der Waals surface area contributed by atoms with Crippen LogP contribution in [0.5, 0.6) is 0 Å². The molecule has 2 aromatic rings. The number of carbonyl (C=O) groups excluding carboxylic acids is 1. The van der Waals surface area contributed by atoms with Crippen molar-refractivity contribution < 1.29 is 23.1 Å². The van der Waals surface area contributed by atoms with Gasteiger partial charge in [-0.15, -0.1) is 0 Å². The minimum absolute atomic E-state index is 0.0430. The van der Waals surface area contributed by atoms with Crippen LogP contribution in [0, 0.1) is 6.92 Å². The predicted octanol–water partition coefficient (Wildman–Crippen LogP) is 4.40. The van der Waals surface area contributed by atoms with Crippen LogP contribution in [0.3, 0.4) is 0 Å². The fraction of sp³-hybridized carbons (Fsp3) is 0.474. The first-order chi connectivity index (χ1) is 12.9. The number of benzene rings is 1. The molecule has 0 aliphatic rings. The lowest BCUT2D eigenvalue weighted by Gasteiger charge is -2.17. The maximum absolute atomic E-state index is 12.9. The average molecular weight is 418 g/mol. The van der Waals surface area contributed by atoms with Gasteiger partial charge in [-0.3, -0.25) is 9.48 Å². The van der Waals surface area contributed by atoms with Gasteiger partial charge in [-0.1, -0.05) is 49.7 Å². The van der Waals surface area contributed by atoms with Gasteiger partial charge in [0.25, 0.3) is 0 Å². The summed E-state index contributed by atoms with van der Waals surface area (Å²) in [6, 6.07) is 6.35. The van der Waals surface area contributed by atoms with Crippen LogP contribution in [-0.4, -0.2) is 27.3 Å². The number of rotatable bonds is 6. The van der Waals surface area contributed by atoms with E-state index in [0.29, 0.717) is 11.5 Å². The molecule has 154 valence electrons. The lowest BCUT2D eigenvalue weighted by atomic mass is 10.00. The van der Waals surface area contributed by atoms with Crippen molar-refractivity contribution in [3.63, 3.8) is 0 Å². The Morgan fingerprint density at radius 1 is 1.21 bits per heavy atom. The van der Waals surface area contributed by atoms with Crippen molar-refractivity contribution in [3.8, 4) is 0 Å². The van der Waals surface area contributed by atoms with Crippen LogP contribution in [0.15, 0.2) is 24.3 Å². The van der Waals surface area contributed by atoms with Crippen LogP contribution in [0.4, 0.5) is 13.2 Å². The molecule has 0 spiro atoms. The average Bonchev–Trinajstić information content (AvgIpc) is 2.94. The van der Waals surface area contributed by atoms with E-state index in [1.165, 1.54) is 13.8 Å². The standard InChI is InChI=1S/C19H23ClF3N3O2/c1-10(2)13-5-7-14(8-6-13)15(27)9-24-18(28)12(4)26-11(3)16(20)17(25-26)19(21,22)23/h5-8,10,12,15,27H,9H2,1-4H3,(H,24,28). The van der Waals surface area contributed by atoms with E-state index in [2.05, 4.69) is 24.3 Å². The van der Waals surface area contributed by atoms with Gasteiger partial charge in [-0.25, -0.2) is 0 Å². The summed E-state index contributed by atoms with van der Waals surface area (Å²) in [5.41, 5.74) is 0.577. The molecule has 1 amide bonds. The molecule has 0 aliphatic carbocycles. The summed E-state index contributed by atoms with van der Waals surface area (Å²) in [5.74, 6) is -0.216. The van der Waals surface area contributed by atoms with Crippen LogP contribution in [-0.2, 0) is 11.0 Å². The number of aliphatic hydroxyl groups is 1. The molecule has 1 aromatic carbocycles. The number of nitrogens with zero attached hydrogens (tertiary/aromatic N) is 2. The molecule has 28 heavy (non-hydrogen) atoms. The van der Waals surface area contributed by atoms with E-state index in [1.54, 1.807) is 12.1 Å². The van der Waals surface area contributed by atoms with Crippen molar-refractivity contribution >= 4 is 17.5 Å². The lowest BCUT2D eigenvalue weighted by molar-refractivity contribution is -0.141. The van der Waals surface area contributed by atoms with E-state index in [4.69, 9.17) is 11.6 Å². The Labute approximate surface area is 166 Å². The number of hydrogen-bond acceptors (Lipinski definition) is 3. The minimum atomic E-state index is -4.71. The molecule has 2 N–H and O–H groups in total. The molecule has 0 radical (unpaired) electrons. The molecule has 5 nitrogen and oxygen atoms in total. The van der Waals surface area contributed by atoms with Gasteiger partial charge in [-0.2, -0.15) is 18.3 Å². The van der Waals surface area contributed by atoms with Gasteiger partial charge in [0.15, 0.2) is 5.69 Å². The highest BCUT2D eigenvalue weighted by Gasteiger charge is 2.39. The number of halogens is 4. The SMILES string of the molecule is Cc1c(Cl)c(C(F)(F)F)nn1C(C)C(=O)NCC(O)c1ccc(C(C)C)cc1. The number of carbonyl (C=O) groups is 1. The molecule has 2 atom stereocenters. The summed E-state index contributed by atoms with van der Waals surface area (Å²) in [6.07, 6.45) is -5.65. The Morgan fingerprint density at radius 2 is 1.75 bits per heavy atom. The molecule has 1 heterocycles. The van der Waals surface area contributed by atoms with Gasteiger partial charge in [0.2, 0.25) is 5.91 Å². The van der Waals surface area contributed by atoms with E-state index in [-0.39, 0.29) is 12.2 Å². The van der Waals surface area contributed by atoms with Gasteiger partial charge < -0.3 is 10.4 Å². The molecule has 0 fully saturated rings. The second-order valence-corrected chi connectivity index (χ2v) is 7.33. The predicted molar refractivity (Wildman–Crippen MR) is 100 cm³/mol. The molecule has 2 rings (SSSR count). The molecule has 0 saturated heterocycles. The van der Waals surface area contributed by atoms with Crippen molar-refractivity contribution in [2.45, 2.75) is 51.9 Å². The Bertz CT molecular complexity index is 832. The van der Waals surface area contributed by atoms with Crippen molar-refractivity contribution in [2.75, 3.05) is 6.54 Å². The summed E-state index contributed by atoms with van der Waals surface area (Å²) in [4.78, 5) is 12.3. The van der Waals surface area contributed by atoms with Crippen molar-refractivity contribution in [1.29, 1.82) is 0 Å². The minimum Gasteiger partial charge on any atom is -0.387 e. The fourth-order valence-corrected chi connectivity index (χ4v) is 2.97. The summed E-state index contributed by atoms with van der Waals surface area (Å²) in [7, 11) is 0. The molecule has 0 aliphatic heterocycles. The Morgan fingerprint density at radius 3 is 2.21 bits per heavy atom. The molecular formula is C19H23ClF3N3O2. The number of nitrogens with one attached hydrogen (secondary N) is 1. The van der Waals surface area contributed by atoms with Crippen molar-refractivity contribution in [2.24, 2.45) is 0 Å². The van der Waals surface area contributed by atoms with Gasteiger partial charge in [-0.05, 0) is 30.9 Å². The number of hydrogen-bond donors (Lipinski definition) is 2. The summed E-state index contributed by atoms with van der Waals surface area (Å²) < 4.78 is 39.7. The number of alkyl halides is 3. The molecule has 0 saturated carbocycles. The highest BCUT2D eigenvalue weighted by molar-refractivity contribution is 6.32. The first kappa shape index (κ1) is 22.2. The zero-order chi connectivity index (χ0) is 21.2. The topological polar surface area (TPSA) is 67.2 Å². The maximum atomic E-state index is 12.9. The van der Waals surface area contributed by atoms with Crippen LogP contribution in [0.1, 0.15) is 61.3 Å². The molecular weight excluding hydrogens is 395 g/mol. The van der Waals surface area contributed by atoms with E-state index in [1.807, 2.05) is 12.1 Å². The van der Waals surface area contributed by atoms with Gasteiger partial charge >= 0.3 is 6.18 Å². The van der Waals surface area contributed by atoms with Crippen LogP contribution in [0.2, 0.25) is 5.02 Å². The zero-order valence-electron chi connectivity index (χ0n) is 16.0. The van der Waals surface area contributed by atoms with Crippen LogP contribution >= 0.6 is 11.6 Å². The van der Waals surface area contributed by atoms with Crippen molar-refractivity contribution in [3.05, 3.63) is 51.8 Å². The third-order valence-corrected chi connectivity index (χ3v) is 5.00. The number of amides is 1. The number of aromatic nitrogens is 2. The second-order valence-electron chi connectivity index (χ2n) is 6.95. The summed E-state index contributed by atoms with van der Waals surface area (Å²) in [6.45, 7) is 6.81. The number of aliphatic hydroxyl groups excluding tert-OH is 1.